The Morgan fingerprint density at radius 2 is 2.15 bits per heavy atom. The van der Waals surface area contributed by atoms with E-state index < -0.39 is 0 Å². The predicted octanol–water partition coefficient (Wildman–Crippen LogP) is 4.34. The molecule has 0 aliphatic carbocycles. The summed E-state index contributed by atoms with van der Waals surface area (Å²) in [6.07, 6.45) is 2.65. The molecule has 0 aliphatic heterocycles. The van der Waals surface area contributed by atoms with E-state index in [2.05, 4.69) is 40.9 Å². The fourth-order valence-corrected chi connectivity index (χ4v) is 3.36. The second kappa shape index (κ2) is 7.09. The van der Waals surface area contributed by atoms with Crippen molar-refractivity contribution in [3.63, 3.8) is 0 Å². The van der Waals surface area contributed by atoms with Crippen molar-refractivity contribution in [1.29, 1.82) is 0 Å². The van der Waals surface area contributed by atoms with Crippen LogP contribution in [-0.2, 0) is 6.54 Å². The summed E-state index contributed by atoms with van der Waals surface area (Å²) in [7, 11) is 0. The third-order valence-electron chi connectivity index (χ3n) is 2.95. The number of rotatable bonds is 6. The van der Waals surface area contributed by atoms with Gasteiger partial charge in [-0.25, -0.2) is 0 Å². The molecule has 0 unspecified atom stereocenters. The SMILES string of the molecule is CCCn1ncc(Br)c1C(=O)CSc1ccccc1C. The topological polar surface area (TPSA) is 34.9 Å². The van der Waals surface area contributed by atoms with E-state index in [9.17, 15) is 4.79 Å². The molecule has 0 saturated carbocycles. The fraction of sp³-hybridized carbons (Fsp3) is 0.333. The molecule has 5 heteroatoms. The highest BCUT2D eigenvalue weighted by Gasteiger charge is 2.17. The summed E-state index contributed by atoms with van der Waals surface area (Å²) in [4.78, 5) is 13.5. The van der Waals surface area contributed by atoms with E-state index in [0.717, 1.165) is 22.3 Å². The normalized spacial score (nSPS) is 10.8. The molecule has 0 N–H and O–H groups in total. The molecule has 0 fully saturated rings. The molecule has 0 radical (unpaired) electrons. The summed E-state index contributed by atoms with van der Waals surface area (Å²) in [5, 5.41) is 4.24. The molecule has 0 aliphatic rings. The molecule has 1 heterocycles. The van der Waals surface area contributed by atoms with Crippen LogP contribution >= 0.6 is 27.7 Å². The fourth-order valence-electron chi connectivity index (χ4n) is 1.95. The van der Waals surface area contributed by atoms with Gasteiger partial charge in [0, 0.05) is 11.4 Å². The number of nitrogens with zero attached hydrogens (tertiary/aromatic N) is 2. The van der Waals surface area contributed by atoms with E-state index in [0.29, 0.717) is 11.4 Å². The zero-order chi connectivity index (χ0) is 14.5. The number of aryl methyl sites for hydroxylation is 2. The van der Waals surface area contributed by atoms with Gasteiger partial charge in [0.1, 0.15) is 5.69 Å². The Balaban J connectivity index is 2.09. The largest absolute Gasteiger partial charge is 0.291 e. The molecule has 0 bridgehead atoms. The first-order valence-electron chi connectivity index (χ1n) is 6.56. The van der Waals surface area contributed by atoms with Gasteiger partial charge in [-0.3, -0.25) is 9.48 Å². The lowest BCUT2D eigenvalue weighted by atomic mass is 10.2. The van der Waals surface area contributed by atoms with Gasteiger partial charge in [0.25, 0.3) is 0 Å². The molecule has 0 spiro atoms. The minimum Gasteiger partial charge on any atom is -0.291 e. The summed E-state index contributed by atoms with van der Waals surface area (Å²) < 4.78 is 2.56. The molecule has 1 aromatic carbocycles. The number of carbonyl (C=O) groups is 1. The number of hydrogen-bond acceptors (Lipinski definition) is 3. The number of aromatic nitrogens is 2. The van der Waals surface area contributed by atoms with E-state index >= 15 is 0 Å². The summed E-state index contributed by atoms with van der Waals surface area (Å²) in [6.45, 7) is 4.90. The van der Waals surface area contributed by atoms with Gasteiger partial charge in [-0.2, -0.15) is 5.10 Å². The van der Waals surface area contributed by atoms with Crippen molar-refractivity contribution in [3.05, 3.63) is 46.2 Å². The van der Waals surface area contributed by atoms with E-state index in [1.54, 1.807) is 22.6 Å². The summed E-state index contributed by atoms with van der Waals surface area (Å²) in [6, 6.07) is 8.11. The van der Waals surface area contributed by atoms with Crippen LogP contribution in [0.1, 0.15) is 29.4 Å². The second-order valence-electron chi connectivity index (χ2n) is 4.54. The van der Waals surface area contributed by atoms with Crippen LogP contribution in [0.15, 0.2) is 39.8 Å². The Morgan fingerprint density at radius 1 is 1.40 bits per heavy atom. The van der Waals surface area contributed by atoms with Gasteiger partial charge in [-0.1, -0.05) is 25.1 Å². The van der Waals surface area contributed by atoms with Crippen molar-refractivity contribution in [2.75, 3.05) is 5.75 Å². The standard InChI is InChI=1S/C15H17BrN2OS/c1-3-8-18-15(12(16)9-17-18)13(19)10-20-14-7-5-4-6-11(14)2/h4-7,9H,3,8,10H2,1-2H3. The summed E-state index contributed by atoms with van der Waals surface area (Å²) in [5.41, 5.74) is 1.87. The molecular formula is C15H17BrN2OS. The van der Waals surface area contributed by atoms with Gasteiger partial charge in [-0.05, 0) is 40.9 Å². The number of ketones is 1. The van der Waals surface area contributed by atoms with Crippen molar-refractivity contribution in [2.24, 2.45) is 0 Å². The Bertz CT molecular complexity index is 610. The van der Waals surface area contributed by atoms with Gasteiger partial charge in [0.2, 0.25) is 0 Å². The van der Waals surface area contributed by atoms with Gasteiger partial charge in [0.15, 0.2) is 5.78 Å². The molecule has 2 aromatic rings. The maximum absolute atomic E-state index is 12.4. The van der Waals surface area contributed by atoms with Crippen LogP contribution in [0, 0.1) is 6.92 Å². The molecule has 1 aromatic heterocycles. The van der Waals surface area contributed by atoms with E-state index in [4.69, 9.17) is 0 Å². The van der Waals surface area contributed by atoms with E-state index in [1.165, 1.54) is 5.56 Å². The van der Waals surface area contributed by atoms with Gasteiger partial charge < -0.3 is 0 Å². The van der Waals surface area contributed by atoms with Gasteiger partial charge in [0.05, 0.1) is 16.4 Å². The smallest absolute Gasteiger partial charge is 0.192 e. The zero-order valence-electron chi connectivity index (χ0n) is 11.6. The van der Waals surface area contributed by atoms with Crippen LogP contribution in [0.2, 0.25) is 0 Å². The molecule has 0 saturated heterocycles. The highest BCUT2D eigenvalue weighted by molar-refractivity contribution is 9.10. The van der Waals surface area contributed by atoms with Crippen LogP contribution in [0.3, 0.4) is 0 Å². The summed E-state index contributed by atoms with van der Waals surface area (Å²) in [5.74, 6) is 0.537. The van der Waals surface area contributed by atoms with Crippen LogP contribution in [0.4, 0.5) is 0 Å². The Morgan fingerprint density at radius 3 is 2.85 bits per heavy atom. The van der Waals surface area contributed by atoms with Crippen LogP contribution < -0.4 is 0 Å². The van der Waals surface area contributed by atoms with Crippen molar-refractivity contribution >= 4 is 33.5 Å². The quantitative estimate of drug-likeness (QED) is 0.572. The van der Waals surface area contributed by atoms with Crippen LogP contribution in [-0.4, -0.2) is 21.3 Å². The molecule has 0 atom stereocenters. The van der Waals surface area contributed by atoms with Gasteiger partial charge in [-0.15, -0.1) is 11.8 Å². The Hall–Kier alpha value is -1.07. The summed E-state index contributed by atoms with van der Waals surface area (Å²) >= 11 is 4.99. The lowest BCUT2D eigenvalue weighted by molar-refractivity contribution is 0.101. The van der Waals surface area contributed by atoms with Crippen molar-refractivity contribution in [1.82, 2.24) is 9.78 Å². The molecule has 3 nitrogen and oxygen atoms in total. The predicted molar refractivity (Wildman–Crippen MR) is 86.5 cm³/mol. The third kappa shape index (κ3) is 3.52. The molecule has 2 rings (SSSR count). The maximum atomic E-state index is 12.4. The second-order valence-corrected chi connectivity index (χ2v) is 6.41. The van der Waals surface area contributed by atoms with Crippen LogP contribution in [0.5, 0.6) is 0 Å². The molecular weight excluding hydrogens is 336 g/mol. The van der Waals surface area contributed by atoms with Crippen molar-refractivity contribution in [2.45, 2.75) is 31.7 Å². The van der Waals surface area contributed by atoms with E-state index in [-0.39, 0.29) is 5.78 Å². The first-order chi connectivity index (χ1) is 9.63. The zero-order valence-corrected chi connectivity index (χ0v) is 14.0. The van der Waals surface area contributed by atoms with Crippen LogP contribution in [0.25, 0.3) is 0 Å². The van der Waals surface area contributed by atoms with Crippen molar-refractivity contribution in [3.8, 4) is 0 Å². The lowest BCUT2D eigenvalue weighted by Gasteiger charge is -2.07. The molecule has 0 amide bonds. The monoisotopic (exact) mass is 352 g/mol. The number of halogens is 1. The minimum absolute atomic E-state index is 0.107. The van der Waals surface area contributed by atoms with Gasteiger partial charge >= 0.3 is 0 Å². The number of Topliss-reactive ketones (excluding diaryl/α,β-unsaturated/α-hetero) is 1. The first-order valence-corrected chi connectivity index (χ1v) is 8.34. The minimum atomic E-state index is 0.107. The van der Waals surface area contributed by atoms with Crippen molar-refractivity contribution < 1.29 is 4.79 Å². The number of thioether (sulfide) groups is 1. The number of hydrogen-bond donors (Lipinski definition) is 0. The van der Waals surface area contributed by atoms with E-state index in [1.807, 2.05) is 18.2 Å². The Kier molecular flexibility index (Phi) is 5.43. The Labute approximate surface area is 131 Å². The maximum Gasteiger partial charge on any atom is 0.192 e. The molecule has 20 heavy (non-hydrogen) atoms. The lowest BCUT2D eigenvalue weighted by Crippen LogP contribution is -2.13. The third-order valence-corrected chi connectivity index (χ3v) is 4.70. The highest BCUT2D eigenvalue weighted by Crippen LogP contribution is 2.24. The highest BCUT2D eigenvalue weighted by atomic mass is 79.9. The average molecular weight is 353 g/mol. The number of benzene rings is 1. The first kappa shape index (κ1) is 15.3. The molecule has 106 valence electrons. The average Bonchev–Trinajstić information content (AvgIpc) is 2.79. The number of carbonyl (C=O) groups excluding carboxylic acids is 1.